The van der Waals surface area contributed by atoms with Crippen LogP contribution in [-0.4, -0.2) is 61.6 Å². The van der Waals surface area contributed by atoms with Crippen LogP contribution in [0, 0.1) is 11.8 Å². The normalized spacial score (nSPS) is 24.9. The second-order valence-corrected chi connectivity index (χ2v) is 8.24. The molecular weight excluding hydrogens is 364 g/mol. The molecule has 1 saturated heterocycles. The molecule has 2 amide bonds. The molecule has 1 aliphatic carbocycles. The van der Waals surface area contributed by atoms with Crippen LogP contribution in [0.4, 0.5) is 15.7 Å². The van der Waals surface area contributed by atoms with Crippen LogP contribution in [0.3, 0.4) is 0 Å². The third kappa shape index (κ3) is 2.93. The molecule has 1 saturated carbocycles. The topological polar surface area (TPSA) is 106 Å². The second kappa shape index (κ2) is 6.52. The Morgan fingerprint density at radius 1 is 1.37 bits per heavy atom. The number of rotatable bonds is 3. The summed E-state index contributed by atoms with van der Waals surface area (Å²) in [4.78, 5) is 28.6. The fourth-order valence-corrected chi connectivity index (χ4v) is 4.90. The van der Waals surface area contributed by atoms with Crippen LogP contribution in [0.2, 0.25) is 0 Å². The maximum Gasteiger partial charge on any atom is 0.323 e. The predicted molar refractivity (Wildman–Crippen MR) is 104 cm³/mol. The van der Waals surface area contributed by atoms with Gasteiger partial charge in [-0.05, 0) is 48.7 Å². The van der Waals surface area contributed by atoms with E-state index in [0.717, 1.165) is 49.2 Å². The third-order valence-corrected chi connectivity index (χ3v) is 6.62. The number of carbonyl (C=O) groups is 1. The fraction of sp³-hybridized carbons (Fsp3) is 0.529. The zero-order valence-corrected chi connectivity index (χ0v) is 15.9. The molecule has 1 aliphatic heterocycles. The van der Waals surface area contributed by atoms with Gasteiger partial charge in [-0.25, -0.2) is 19.3 Å². The first-order chi connectivity index (χ1) is 13.2. The summed E-state index contributed by atoms with van der Waals surface area (Å²) in [6.07, 6.45) is 6.82. The summed E-state index contributed by atoms with van der Waals surface area (Å²) >= 11 is 1.34. The molecule has 2 fully saturated rings. The van der Waals surface area contributed by atoms with Gasteiger partial charge in [0.25, 0.3) is 0 Å². The van der Waals surface area contributed by atoms with Crippen molar-refractivity contribution < 1.29 is 4.79 Å². The van der Waals surface area contributed by atoms with Gasteiger partial charge in [0.1, 0.15) is 17.8 Å². The van der Waals surface area contributed by atoms with Crippen LogP contribution in [0.25, 0.3) is 11.0 Å². The van der Waals surface area contributed by atoms with E-state index in [0.29, 0.717) is 23.0 Å². The Morgan fingerprint density at radius 2 is 2.22 bits per heavy atom. The van der Waals surface area contributed by atoms with Crippen molar-refractivity contribution in [2.75, 3.05) is 30.4 Å². The van der Waals surface area contributed by atoms with Gasteiger partial charge < -0.3 is 14.8 Å². The highest BCUT2D eigenvalue weighted by Crippen LogP contribution is 2.41. The second-order valence-electron chi connectivity index (χ2n) is 7.47. The first kappa shape index (κ1) is 16.5. The van der Waals surface area contributed by atoms with E-state index in [2.05, 4.69) is 41.8 Å². The number of carbonyl (C=O) groups excluding carboxylic acids is 1. The van der Waals surface area contributed by atoms with Gasteiger partial charge in [0, 0.05) is 32.4 Å². The molecule has 27 heavy (non-hydrogen) atoms. The van der Waals surface area contributed by atoms with Gasteiger partial charge >= 0.3 is 6.03 Å². The average molecular weight is 386 g/mol. The number of H-pyrrole nitrogens is 2. The molecule has 2 aliphatic rings. The van der Waals surface area contributed by atoms with E-state index in [1.165, 1.54) is 11.5 Å². The van der Waals surface area contributed by atoms with E-state index in [1.54, 1.807) is 6.33 Å². The van der Waals surface area contributed by atoms with Crippen LogP contribution in [0.5, 0.6) is 0 Å². The lowest BCUT2D eigenvalue weighted by molar-refractivity contribution is 0.154. The minimum Gasteiger partial charge on any atom is -0.356 e. The molecule has 9 nitrogen and oxygen atoms in total. The van der Waals surface area contributed by atoms with Crippen LogP contribution in [-0.2, 0) is 0 Å². The zero-order valence-electron chi connectivity index (χ0n) is 15.1. The zero-order chi connectivity index (χ0) is 18.4. The molecular formula is C17H22N8OS. The van der Waals surface area contributed by atoms with Crippen LogP contribution in [0.1, 0.15) is 19.3 Å². The van der Waals surface area contributed by atoms with Crippen molar-refractivity contribution >= 4 is 39.5 Å². The van der Waals surface area contributed by atoms with Crippen molar-refractivity contribution in [3.05, 3.63) is 18.6 Å². The number of aromatic nitrogens is 5. The minimum absolute atomic E-state index is 0.0390. The van der Waals surface area contributed by atoms with Gasteiger partial charge in [-0.3, -0.25) is 5.32 Å². The number of nitrogens with zero attached hydrogens (tertiary/aromatic N) is 5. The number of piperidine rings is 1. The largest absolute Gasteiger partial charge is 0.356 e. The Hall–Kier alpha value is -2.62. The van der Waals surface area contributed by atoms with E-state index in [1.807, 2.05) is 17.2 Å². The Balaban J connectivity index is 1.27. The Bertz CT molecular complexity index is 938. The first-order valence-electron chi connectivity index (χ1n) is 9.25. The van der Waals surface area contributed by atoms with E-state index in [-0.39, 0.29) is 6.03 Å². The Labute approximate surface area is 160 Å². The van der Waals surface area contributed by atoms with Gasteiger partial charge in [0.05, 0.1) is 5.39 Å². The third-order valence-electron chi connectivity index (χ3n) is 6.05. The number of likely N-dealkylation sites (tertiary alicyclic amines) is 1. The summed E-state index contributed by atoms with van der Waals surface area (Å²) in [6.45, 7) is 1.62. The van der Waals surface area contributed by atoms with Crippen molar-refractivity contribution in [3.8, 4) is 0 Å². The molecule has 10 heteroatoms. The quantitative estimate of drug-likeness (QED) is 0.641. The molecule has 4 heterocycles. The molecule has 0 spiro atoms. The summed E-state index contributed by atoms with van der Waals surface area (Å²) in [5, 5.41) is 8.46. The summed E-state index contributed by atoms with van der Waals surface area (Å²) in [7, 11) is 2.13. The number of fused-ring (bicyclic) bond motifs is 2. The molecule has 0 aromatic carbocycles. The van der Waals surface area contributed by atoms with E-state index >= 15 is 0 Å². The lowest BCUT2D eigenvalue weighted by atomic mass is 9.89. The highest BCUT2D eigenvalue weighted by Gasteiger charge is 2.41. The molecule has 0 bridgehead atoms. The van der Waals surface area contributed by atoms with E-state index < -0.39 is 0 Å². The van der Waals surface area contributed by atoms with Gasteiger partial charge in [0.15, 0.2) is 0 Å². The van der Waals surface area contributed by atoms with Gasteiger partial charge in [0.2, 0.25) is 5.13 Å². The van der Waals surface area contributed by atoms with Gasteiger partial charge in [-0.15, -0.1) is 5.10 Å². The number of aromatic amines is 2. The number of anilines is 2. The molecule has 142 valence electrons. The molecule has 3 unspecified atom stereocenters. The molecule has 0 radical (unpaired) electrons. The first-order valence-corrected chi connectivity index (χ1v) is 10.1. The van der Waals surface area contributed by atoms with E-state index in [4.69, 9.17) is 0 Å². The van der Waals surface area contributed by atoms with Crippen molar-refractivity contribution in [2.24, 2.45) is 11.8 Å². The summed E-state index contributed by atoms with van der Waals surface area (Å²) in [5.74, 6) is 2.18. The molecule has 3 aromatic rings. The molecule has 3 N–H and O–H groups in total. The highest BCUT2D eigenvalue weighted by atomic mass is 32.1. The van der Waals surface area contributed by atoms with Crippen molar-refractivity contribution in [1.82, 2.24) is 29.4 Å². The number of nitrogens with one attached hydrogen (secondary N) is 3. The van der Waals surface area contributed by atoms with Gasteiger partial charge in [-0.2, -0.15) is 0 Å². The number of hydrogen-bond acceptors (Lipinski definition) is 6. The summed E-state index contributed by atoms with van der Waals surface area (Å²) in [6, 6.07) is 2.43. The Morgan fingerprint density at radius 3 is 3.04 bits per heavy atom. The molecule has 5 rings (SSSR count). The highest BCUT2D eigenvalue weighted by molar-refractivity contribution is 7.10. The van der Waals surface area contributed by atoms with Crippen molar-refractivity contribution in [1.29, 1.82) is 0 Å². The van der Waals surface area contributed by atoms with Crippen LogP contribution >= 0.6 is 11.5 Å². The summed E-state index contributed by atoms with van der Waals surface area (Å²) in [5.41, 5.74) is 0.872. The summed E-state index contributed by atoms with van der Waals surface area (Å²) < 4.78 is 2.70. The number of urea groups is 1. The standard InChI is InChI=1S/C17H22N8OS/c1-24(15-13-2-4-18-14(13)19-9-20-15)12-6-10-3-5-25(8-11(10)7-12)17(26)21-16-22-23-27-16/h2,4,9-12,23H,3,5-8H2,1H3,(H,18,19,20)(H,21,22,26). The maximum atomic E-state index is 12.4. The predicted octanol–water partition coefficient (Wildman–Crippen LogP) is 2.51. The number of hydrogen-bond donors (Lipinski definition) is 3. The molecule has 3 aromatic heterocycles. The van der Waals surface area contributed by atoms with E-state index in [9.17, 15) is 4.79 Å². The monoisotopic (exact) mass is 386 g/mol. The lowest BCUT2D eigenvalue weighted by Crippen LogP contribution is -2.44. The maximum absolute atomic E-state index is 12.4. The van der Waals surface area contributed by atoms with Crippen LogP contribution < -0.4 is 10.2 Å². The lowest BCUT2D eigenvalue weighted by Gasteiger charge is -2.34. The van der Waals surface area contributed by atoms with Crippen LogP contribution in [0.15, 0.2) is 18.6 Å². The average Bonchev–Trinajstić information content (AvgIpc) is 3.29. The van der Waals surface area contributed by atoms with Crippen molar-refractivity contribution in [2.45, 2.75) is 25.3 Å². The number of amides is 2. The SMILES string of the molecule is CN(c1ncnc2[nH]ccc12)C1CC2CCN(C(=O)Nc3n[nH]s3)CC2C1. The fourth-order valence-electron chi connectivity index (χ4n) is 4.58. The smallest absolute Gasteiger partial charge is 0.323 e. The van der Waals surface area contributed by atoms with Crippen molar-refractivity contribution in [3.63, 3.8) is 0 Å². The minimum atomic E-state index is -0.0390. The van der Waals surface area contributed by atoms with Gasteiger partial charge in [-0.1, -0.05) is 0 Å². The Kier molecular flexibility index (Phi) is 4.00. The molecule has 3 atom stereocenters.